The normalized spacial score (nSPS) is 30.7. The Balaban J connectivity index is 1.88. The molecule has 1 aromatic rings. The predicted molar refractivity (Wildman–Crippen MR) is 68.9 cm³/mol. The first kappa shape index (κ1) is 12.7. The van der Waals surface area contributed by atoms with Gasteiger partial charge in [-0.05, 0) is 19.3 Å². The van der Waals surface area contributed by atoms with Gasteiger partial charge in [0, 0.05) is 18.6 Å². The molecule has 0 unspecified atom stereocenters. The van der Waals surface area contributed by atoms with E-state index in [2.05, 4.69) is 4.98 Å². The van der Waals surface area contributed by atoms with E-state index in [9.17, 15) is 4.79 Å². The van der Waals surface area contributed by atoms with Gasteiger partial charge in [-0.25, -0.2) is 9.78 Å². The molecule has 3 rings (SSSR count). The second kappa shape index (κ2) is 5.33. The lowest BCUT2D eigenvalue weighted by Gasteiger charge is -2.41. The summed E-state index contributed by atoms with van der Waals surface area (Å²) in [5.74, 6) is 0.191. The van der Waals surface area contributed by atoms with Crippen LogP contribution in [0.1, 0.15) is 48.6 Å². The van der Waals surface area contributed by atoms with E-state index >= 15 is 0 Å². The molecule has 1 aromatic heterocycles. The first-order valence-electron chi connectivity index (χ1n) is 7.03. The second-order valence-corrected chi connectivity index (χ2v) is 5.39. The number of carbonyl (C=O) groups is 1. The maximum atomic E-state index is 11.8. The highest BCUT2D eigenvalue weighted by Gasteiger charge is 2.37. The van der Waals surface area contributed by atoms with Crippen LogP contribution in [0.3, 0.4) is 0 Å². The predicted octanol–water partition coefficient (Wildman–Crippen LogP) is 2.19. The Labute approximate surface area is 112 Å². The van der Waals surface area contributed by atoms with Crippen LogP contribution in [0.2, 0.25) is 0 Å². The van der Waals surface area contributed by atoms with Crippen LogP contribution in [0, 0.1) is 5.92 Å². The maximum absolute atomic E-state index is 11.8. The van der Waals surface area contributed by atoms with E-state index in [0.717, 1.165) is 19.4 Å². The average Bonchev–Trinajstić information content (AvgIpc) is 2.95. The van der Waals surface area contributed by atoms with E-state index in [0.29, 0.717) is 23.8 Å². The summed E-state index contributed by atoms with van der Waals surface area (Å²) in [6.45, 7) is 0.768. The van der Waals surface area contributed by atoms with Gasteiger partial charge in [-0.3, -0.25) is 0 Å². The third-order valence-corrected chi connectivity index (χ3v) is 4.41. The third-order valence-electron chi connectivity index (χ3n) is 4.41. The lowest BCUT2D eigenvalue weighted by Crippen LogP contribution is -2.40. The number of methoxy groups -OCH3 is 1. The van der Waals surface area contributed by atoms with E-state index in [1.807, 2.05) is 4.57 Å². The molecular formula is C14H20N2O3. The van der Waals surface area contributed by atoms with Gasteiger partial charge >= 0.3 is 5.97 Å². The standard InChI is InChI=1S/C14H20N2O3/c1-18-14(17)12-8-15-9-16(12)11-6-7-19-13-5-3-2-4-10(11)13/h8-11,13H,2-7H2,1H3/t10-,11-,13+/m1/s1. The third kappa shape index (κ3) is 2.27. The monoisotopic (exact) mass is 264 g/mol. The molecule has 2 heterocycles. The van der Waals surface area contributed by atoms with E-state index < -0.39 is 0 Å². The summed E-state index contributed by atoms with van der Waals surface area (Å²) in [5.41, 5.74) is 0.554. The highest BCUT2D eigenvalue weighted by Crippen LogP contribution is 2.40. The Hall–Kier alpha value is -1.36. The molecule has 0 amide bonds. The number of hydrogen-bond donors (Lipinski definition) is 0. The quantitative estimate of drug-likeness (QED) is 0.768. The fourth-order valence-corrected chi connectivity index (χ4v) is 3.50. The molecule has 5 heteroatoms. The van der Waals surface area contributed by atoms with Crippen molar-refractivity contribution in [3.63, 3.8) is 0 Å². The minimum Gasteiger partial charge on any atom is -0.464 e. The number of imidazole rings is 1. The van der Waals surface area contributed by atoms with Gasteiger partial charge in [-0.1, -0.05) is 12.8 Å². The Bertz CT molecular complexity index is 455. The molecule has 0 N–H and O–H groups in total. The van der Waals surface area contributed by atoms with Gasteiger partial charge in [-0.2, -0.15) is 0 Å². The number of hydrogen-bond acceptors (Lipinski definition) is 4. The number of ether oxygens (including phenoxy) is 2. The molecule has 5 nitrogen and oxygen atoms in total. The van der Waals surface area contributed by atoms with E-state index in [-0.39, 0.29) is 5.97 Å². The van der Waals surface area contributed by atoms with Crippen LogP contribution in [-0.2, 0) is 9.47 Å². The summed E-state index contributed by atoms with van der Waals surface area (Å²) in [6.07, 6.45) is 9.47. The number of rotatable bonds is 2. The number of nitrogens with zero attached hydrogens (tertiary/aromatic N) is 2. The van der Waals surface area contributed by atoms with Crippen molar-refractivity contribution in [2.24, 2.45) is 5.92 Å². The summed E-state index contributed by atoms with van der Waals surface area (Å²) >= 11 is 0. The zero-order chi connectivity index (χ0) is 13.2. The molecule has 3 atom stereocenters. The van der Waals surface area contributed by atoms with Gasteiger partial charge in [0.05, 0.1) is 25.7 Å². The van der Waals surface area contributed by atoms with Crippen LogP contribution in [0.25, 0.3) is 0 Å². The van der Waals surface area contributed by atoms with Crippen LogP contribution < -0.4 is 0 Å². The van der Waals surface area contributed by atoms with Crippen molar-refractivity contribution >= 4 is 5.97 Å². The summed E-state index contributed by atoms with van der Waals surface area (Å²) in [7, 11) is 1.41. The molecule has 0 bridgehead atoms. The molecule has 0 aromatic carbocycles. The van der Waals surface area contributed by atoms with Crippen molar-refractivity contribution in [3.8, 4) is 0 Å². The molecule has 1 aliphatic heterocycles. The van der Waals surface area contributed by atoms with Gasteiger partial charge in [-0.15, -0.1) is 0 Å². The first-order valence-corrected chi connectivity index (χ1v) is 7.03. The average molecular weight is 264 g/mol. The molecule has 1 saturated carbocycles. The summed E-state index contributed by atoms with van der Waals surface area (Å²) in [6, 6.07) is 0.315. The zero-order valence-corrected chi connectivity index (χ0v) is 11.2. The first-order chi connectivity index (χ1) is 9.31. The van der Waals surface area contributed by atoms with Gasteiger partial charge in [0.1, 0.15) is 5.69 Å². The Morgan fingerprint density at radius 3 is 3.11 bits per heavy atom. The van der Waals surface area contributed by atoms with Crippen LogP contribution in [0.5, 0.6) is 0 Å². The fraction of sp³-hybridized carbons (Fsp3) is 0.714. The van der Waals surface area contributed by atoms with Crippen molar-refractivity contribution < 1.29 is 14.3 Å². The second-order valence-electron chi connectivity index (χ2n) is 5.39. The molecule has 19 heavy (non-hydrogen) atoms. The minimum atomic E-state index is -0.309. The number of carbonyl (C=O) groups excluding carboxylic acids is 1. The number of aromatic nitrogens is 2. The van der Waals surface area contributed by atoms with Gasteiger partial charge in [0.25, 0.3) is 0 Å². The Kier molecular flexibility index (Phi) is 3.55. The van der Waals surface area contributed by atoms with Crippen molar-refractivity contribution in [1.82, 2.24) is 9.55 Å². The SMILES string of the molecule is COC(=O)c1cncn1[C@@H]1CCO[C@H]2CCCC[C@@H]21. The molecule has 2 aliphatic rings. The topological polar surface area (TPSA) is 53.3 Å². The van der Waals surface area contributed by atoms with Crippen LogP contribution in [0.15, 0.2) is 12.5 Å². The molecule has 1 aliphatic carbocycles. The molecular weight excluding hydrogens is 244 g/mol. The highest BCUT2D eigenvalue weighted by molar-refractivity contribution is 5.87. The van der Waals surface area contributed by atoms with Crippen molar-refractivity contribution in [3.05, 3.63) is 18.2 Å². The van der Waals surface area contributed by atoms with E-state index in [1.165, 1.54) is 26.4 Å². The van der Waals surface area contributed by atoms with Gasteiger partial charge in [0.2, 0.25) is 0 Å². The van der Waals surface area contributed by atoms with Crippen molar-refractivity contribution in [2.45, 2.75) is 44.2 Å². The maximum Gasteiger partial charge on any atom is 0.356 e. The van der Waals surface area contributed by atoms with Gasteiger partial charge in [0.15, 0.2) is 0 Å². The summed E-state index contributed by atoms with van der Waals surface area (Å²) in [4.78, 5) is 15.9. The Morgan fingerprint density at radius 2 is 2.26 bits per heavy atom. The molecule has 0 radical (unpaired) electrons. The van der Waals surface area contributed by atoms with Crippen molar-refractivity contribution in [2.75, 3.05) is 13.7 Å². The minimum absolute atomic E-state index is 0.309. The van der Waals surface area contributed by atoms with Gasteiger partial charge < -0.3 is 14.0 Å². The van der Waals surface area contributed by atoms with Crippen LogP contribution in [0.4, 0.5) is 0 Å². The number of esters is 1. The number of fused-ring (bicyclic) bond motifs is 1. The lowest BCUT2D eigenvalue weighted by molar-refractivity contribution is -0.0725. The van der Waals surface area contributed by atoms with E-state index in [1.54, 1.807) is 12.5 Å². The zero-order valence-electron chi connectivity index (χ0n) is 11.2. The Morgan fingerprint density at radius 1 is 1.42 bits per heavy atom. The smallest absolute Gasteiger partial charge is 0.356 e. The highest BCUT2D eigenvalue weighted by atomic mass is 16.5. The largest absolute Gasteiger partial charge is 0.464 e. The van der Waals surface area contributed by atoms with Crippen molar-refractivity contribution in [1.29, 1.82) is 0 Å². The molecule has 104 valence electrons. The molecule has 2 fully saturated rings. The summed E-state index contributed by atoms with van der Waals surface area (Å²) in [5, 5.41) is 0. The summed E-state index contributed by atoms with van der Waals surface area (Å²) < 4.78 is 12.7. The lowest BCUT2D eigenvalue weighted by atomic mass is 9.78. The van der Waals surface area contributed by atoms with Crippen LogP contribution >= 0.6 is 0 Å². The van der Waals surface area contributed by atoms with E-state index in [4.69, 9.17) is 9.47 Å². The molecule has 1 saturated heterocycles. The molecule has 0 spiro atoms. The fourth-order valence-electron chi connectivity index (χ4n) is 3.50. The van der Waals surface area contributed by atoms with Crippen LogP contribution in [-0.4, -0.2) is 35.3 Å².